The molecule has 2 heterocycles. The average molecular weight is 349 g/mol. The van der Waals surface area contributed by atoms with Gasteiger partial charge in [-0.2, -0.15) is 0 Å². The van der Waals surface area contributed by atoms with E-state index in [9.17, 15) is 9.59 Å². The molecule has 1 unspecified atom stereocenters. The maximum atomic E-state index is 12.2. The van der Waals surface area contributed by atoms with E-state index in [4.69, 9.17) is 14.2 Å². The van der Waals surface area contributed by atoms with Crippen LogP contribution in [-0.2, 0) is 14.3 Å². The Morgan fingerprint density at radius 2 is 2.16 bits per heavy atom. The van der Waals surface area contributed by atoms with Crippen LogP contribution in [0.4, 0.5) is 5.69 Å². The fourth-order valence-corrected chi connectivity index (χ4v) is 3.33. The second kappa shape index (κ2) is 8.20. The lowest BCUT2D eigenvalue weighted by Gasteiger charge is -2.28. The first-order valence-corrected chi connectivity index (χ1v) is 8.85. The van der Waals surface area contributed by atoms with Gasteiger partial charge in [0.05, 0.1) is 32.7 Å². The maximum absolute atomic E-state index is 12.2. The van der Waals surface area contributed by atoms with E-state index in [1.807, 2.05) is 6.92 Å². The van der Waals surface area contributed by atoms with Gasteiger partial charge < -0.3 is 24.4 Å². The van der Waals surface area contributed by atoms with E-state index in [2.05, 4.69) is 5.32 Å². The molecule has 3 rings (SSSR count). The standard InChI is InChI=1S/C18H24N2O5/c1-2-23-18(22)13-4-3-8-20(11-13)9-7-17(21)19-14-5-6-15-16(10-14)25-12-24-15/h5-6,10,13H,2-4,7-9,11-12H2,1H3,(H,19,21)/p+1/t13-/m0/s1. The van der Waals surface area contributed by atoms with Gasteiger partial charge in [0.25, 0.3) is 0 Å². The van der Waals surface area contributed by atoms with Crippen molar-refractivity contribution in [2.24, 2.45) is 5.92 Å². The van der Waals surface area contributed by atoms with Crippen LogP contribution in [0.2, 0.25) is 0 Å². The predicted octanol–water partition coefficient (Wildman–Crippen LogP) is 0.602. The molecule has 2 atom stereocenters. The second-order valence-corrected chi connectivity index (χ2v) is 6.41. The number of amides is 1. The molecule has 7 heteroatoms. The molecule has 1 amide bonds. The van der Waals surface area contributed by atoms with Crippen LogP contribution < -0.4 is 19.7 Å². The third kappa shape index (κ3) is 4.63. The van der Waals surface area contributed by atoms with Crippen molar-refractivity contribution in [3.8, 4) is 11.5 Å². The number of rotatable bonds is 6. The molecule has 0 aromatic heterocycles. The van der Waals surface area contributed by atoms with Gasteiger partial charge in [0.15, 0.2) is 11.5 Å². The number of quaternary nitrogens is 1. The highest BCUT2D eigenvalue weighted by Crippen LogP contribution is 2.34. The summed E-state index contributed by atoms with van der Waals surface area (Å²) in [5.74, 6) is 1.16. The summed E-state index contributed by atoms with van der Waals surface area (Å²) in [7, 11) is 0. The zero-order valence-electron chi connectivity index (χ0n) is 14.5. The molecular formula is C18H25N2O5+. The first-order valence-electron chi connectivity index (χ1n) is 8.85. The molecule has 0 aliphatic carbocycles. The van der Waals surface area contributed by atoms with Crippen molar-refractivity contribution >= 4 is 17.6 Å². The molecule has 136 valence electrons. The van der Waals surface area contributed by atoms with E-state index in [-0.39, 0.29) is 24.6 Å². The molecule has 1 saturated heterocycles. The monoisotopic (exact) mass is 349 g/mol. The number of anilines is 1. The number of benzene rings is 1. The second-order valence-electron chi connectivity index (χ2n) is 6.41. The Bertz CT molecular complexity index is 634. The predicted molar refractivity (Wildman–Crippen MR) is 90.7 cm³/mol. The number of piperidine rings is 1. The number of hydrogen-bond donors (Lipinski definition) is 2. The lowest BCUT2D eigenvalue weighted by atomic mass is 9.98. The topological polar surface area (TPSA) is 78.3 Å². The molecule has 0 bridgehead atoms. The quantitative estimate of drug-likeness (QED) is 0.736. The highest BCUT2D eigenvalue weighted by Gasteiger charge is 2.29. The van der Waals surface area contributed by atoms with E-state index in [1.165, 1.54) is 4.90 Å². The van der Waals surface area contributed by atoms with E-state index < -0.39 is 0 Å². The fourth-order valence-electron chi connectivity index (χ4n) is 3.33. The Balaban J connectivity index is 1.45. The summed E-state index contributed by atoms with van der Waals surface area (Å²) in [6, 6.07) is 5.36. The van der Waals surface area contributed by atoms with Crippen molar-refractivity contribution in [1.29, 1.82) is 0 Å². The Morgan fingerprint density at radius 3 is 3.00 bits per heavy atom. The summed E-state index contributed by atoms with van der Waals surface area (Å²) >= 11 is 0. The van der Waals surface area contributed by atoms with Crippen molar-refractivity contribution < 1.29 is 28.7 Å². The first kappa shape index (κ1) is 17.5. The number of likely N-dealkylation sites (tertiary alicyclic amines) is 1. The fraction of sp³-hybridized carbons (Fsp3) is 0.556. The minimum atomic E-state index is -0.107. The molecule has 0 saturated carbocycles. The SMILES string of the molecule is CCOC(=O)[C@H]1CCC[NH+](CCC(=O)Nc2ccc3c(c2)OCO3)C1. The molecule has 0 radical (unpaired) electrons. The minimum Gasteiger partial charge on any atom is -0.466 e. The van der Waals surface area contributed by atoms with Crippen LogP contribution in [0.1, 0.15) is 26.2 Å². The number of hydrogen-bond acceptors (Lipinski definition) is 5. The Kier molecular flexibility index (Phi) is 5.75. The van der Waals surface area contributed by atoms with E-state index >= 15 is 0 Å². The van der Waals surface area contributed by atoms with Crippen LogP contribution in [0.5, 0.6) is 11.5 Å². The molecule has 2 N–H and O–H groups in total. The maximum Gasteiger partial charge on any atom is 0.314 e. The summed E-state index contributed by atoms with van der Waals surface area (Å²) in [5, 5.41) is 2.89. The van der Waals surface area contributed by atoms with Gasteiger partial charge in [0.2, 0.25) is 12.7 Å². The summed E-state index contributed by atoms with van der Waals surface area (Å²) in [5.41, 5.74) is 0.701. The van der Waals surface area contributed by atoms with Gasteiger partial charge in [-0.25, -0.2) is 0 Å². The Hall–Kier alpha value is -2.28. The number of ether oxygens (including phenoxy) is 3. The molecule has 2 aliphatic rings. The number of carbonyl (C=O) groups is 2. The summed E-state index contributed by atoms with van der Waals surface area (Å²) in [4.78, 5) is 25.3. The number of fused-ring (bicyclic) bond motifs is 1. The van der Waals surface area contributed by atoms with Crippen LogP contribution >= 0.6 is 0 Å². The van der Waals surface area contributed by atoms with Crippen LogP contribution in [0.25, 0.3) is 0 Å². The van der Waals surface area contributed by atoms with Crippen molar-refractivity contribution in [3.63, 3.8) is 0 Å². The zero-order chi connectivity index (χ0) is 17.6. The van der Waals surface area contributed by atoms with Crippen LogP contribution in [0.3, 0.4) is 0 Å². The highest BCUT2D eigenvalue weighted by atomic mass is 16.7. The van der Waals surface area contributed by atoms with Gasteiger partial charge in [-0.1, -0.05) is 0 Å². The van der Waals surface area contributed by atoms with Gasteiger partial charge in [-0.15, -0.1) is 0 Å². The average Bonchev–Trinajstić information content (AvgIpc) is 3.08. The summed E-state index contributed by atoms with van der Waals surface area (Å²) < 4.78 is 15.7. The normalized spacial score (nSPS) is 21.6. The van der Waals surface area contributed by atoms with Gasteiger partial charge in [-0.3, -0.25) is 9.59 Å². The van der Waals surface area contributed by atoms with Gasteiger partial charge in [0, 0.05) is 11.8 Å². The smallest absolute Gasteiger partial charge is 0.314 e. The van der Waals surface area contributed by atoms with Crippen molar-refractivity contribution in [2.75, 3.05) is 38.4 Å². The number of nitrogens with one attached hydrogen (secondary N) is 2. The lowest BCUT2D eigenvalue weighted by Crippen LogP contribution is -3.13. The summed E-state index contributed by atoms with van der Waals surface area (Å²) in [6.07, 6.45) is 2.29. The van der Waals surface area contributed by atoms with Gasteiger partial charge in [-0.05, 0) is 31.9 Å². The van der Waals surface area contributed by atoms with E-state index in [0.29, 0.717) is 36.8 Å². The number of esters is 1. The van der Waals surface area contributed by atoms with Crippen molar-refractivity contribution in [3.05, 3.63) is 18.2 Å². The van der Waals surface area contributed by atoms with Crippen LogP contribution in [0.15, 0.2) is 18.2 Å². The Morgan fingerprint density at radius 1 is 1.32 bits per heavy atom. The third-order valence-corrected chi connectivity index (χ3v) is 4.60. The third-order valence-electron chi connectivity index (χ3n) is 4.60. The minimum absolute atomic E-state index is 0.0374. The Labute approximate surface area is 147 Å². The van der Waals surface area contributed by atoms with E-state index in [0.717, 1.165) is 25.9 Å². The molecule has 1 aromatic rings. The summed E-state index contributed by atoms with van der Waals surface area (Å²) in [6.45, 7) is 4.91. The first-order chi connectivity index (χ1) is 12.2. The lowest BCUT2D eigenvalue weighted by molar-refractivity contribution is -0.906. The largest absolute Gasteiger partial charge is 0.466 e. The van der Waals surface area contributed by atoms with Crippen molar-refractivity contribution in [2.45, 2.75) is 26.2 Å². The molecule has 7 nitrogen and oxygen atoms in total. The highest BCUT2D eigenvalue weighted by molar-refractivity contribution is 5.91. The molecule has 1 aromatic carbocycles. The van der Waals surface area contributed by atoms with E-state index in [1.54, 1.807) is 18.2 Å². The van der Waals surface area contributed by atoms with Gasteiger partial charge in [0.1, 0.15) is 5.92 Å². The molecular weight excluding hydrogens is 324 g/mol. The molecule has 1 fully saturated rings. The van der Waals surface area contributed by atoms with Crippen molar-refractivity contribution in [1.82, 2.24) is 0 Å². The molecule has 25 heavy (non-hydrogen) atoms. The van der Waals surface area contributed by atoms with Crippen LogP contribution in [-0.4, -0.2) is 44.9 Å². The number of carbonyl (C=O) groups excluding carboxylic acids is 2. The van der Waals surface area contributed by atoms with Gasteiger partial charge >= 0.3 is 5.97 Å². The molecule has 0 spiro atoms. The van der Waals surface area contributed by atoms with Crippen LogP contribution in [0, 0.1) is 5.92 Å². The molecule has 2 aliphatic heterocycles. The zero-order valence-corrected chi connectivity index (χ0v) is 14.5.